The second kappa shape index (κ2) is 6.15. The molecule has 0 bridgehead atoms. The predicted molar refractivity (Wildman–Crippen MR) is 46.1 cm³/mol. The average Bonchev–Trinajstić information content (AvgIpc) is 2.00. The first-order valence-electron chi connectivity index (χ1n) is 3.57. The normalized spacial score (nSPS) is 12.1. The van der Waals surface area contributed by atoms with E-state index in [-0.39, 0.29) is 0 Å². The molecule has 0 aromatic heterocycles. The highest BCUT2D eigenvalue weighted by atomic mass is 16.2. The highest BCUT2D eigenvalue weighted by Gasteiger charge is 1.98. The maximum Gasteiger partial charge on any atom is 0.0764 e. The molecule has 0 saturated carbocycles. The fourth-order valence-electron chi connectivity index (χ4n) is 0.755. The van der Waals surface area contributed by atoms with E-state index in [1.165, 1.54) is 0 Å². The number of nitrogens with zero attached hydrogens (tertiary/aromatic N) is 2. The van der Waals surface area contributed by atoms with E-state index in [1.54, 1.807) is 6.08 Å². The van der Waals surface area contributed by atoms with Gasteiger partial charge in [-0.3, -0.25) is 9.80 Å². The molecule has 0 heterocycles. The Morgan fingerprint density at radius 1 is 1.36 bits per heavy atom. The first kappa shape index (κ1) is 10.4. The van der Waals surface area contributed by atoms with Crippen LogP contribution < -0.4 is 5.73 Å². The highest BCUT2D eigenvalue weighted by molar-refractivity contribution is 4.75. The Balaban J connectivity index is 3.42. The molecule has 0 amide bonds. The highest BCUT2D eigenvalue weighted by Crippen LogP contribution is 1.85. The zero-order valence-electron chi connectivity index (χ0n) is 7.20. The summed E-state index contributed by atoms with van der Waals surface area (Å²) in [5.74, 6) is 0. The second-order valence-electron chi connectivity index (χ2n) is 2.60. The molecule has 66 valence electrons. The lowest BCUT2D eigenvalue weighted by atomic mass is 10.5. The number of hydrogen-bond donors (Lipinski definition) is 2. The third-order valence-electron chi connectivity index (χ3n) is 1.32. The van der Waals surface area contributed by atoms with Crippen LogP contribution in [0.2, 0.25) is 0 Å². The smallest absolute Gasteiger partial charge is 0.0764 e. The molecule has 0 saturated heterocycles. The zero-order chi connectivity index (χ0) is 8.69. The van der Waals surface area contributed by atoms with Crippen molar-refractivity contribution < 1.29 is 5.11 Å². The van der Waals surface area contributed by atoms with E-state index in [4.69, 9.17) is 10.8 Å². The Morgan fingerprint density at radius 2 is 2.00 bits per heavy atom. The molecule has 0 aromatic carbocycles. The number of rotatable bonds is 5. The van der Waals surface area contributed by atoms with E-state index in [0.29, 0.717) is 6.67 Å². The van der Waals surface area contributed by atoms with Gasteiger partial charge in [0.1, 0.15) is 0 Å². The van der Waals surface area contributed by atoms with Gasteiger partial charge in [-0.05, 0) is 20.2 Å². The largest absolute Gasteiger partial charge is 0.516 e. The maximum atomic E-state index is 8.36. The minimum absolute atomic E-state index is 0.549. The van der Waals surface area contributed by atoms with Gasteiger partial charge in [0.05, 0.1) is 12.9 Å². The summed E-state index contributed by atoms with van der Waals surface area (Å²) < 4.78 is 0. The van der Waals surface area contributed by atoms with Crippen LogP contribution in [0.4, 0.5) is 0 Å². The topological polar surface area (TPSA) is 52.7 Å². The van der Waals surface area contributed by atoms with E-state index in [9.17, 15) is 0 Å². The monoisotopic (exact) mass is 159 g/mol. The molecule has 3 N–H and O–H groups in total. The van der Waals surface area contributed by atoms with E-state index >= 15 is 0 Å². The SMILES string of the molecule is CN(CN)CN(C)C/C=C\O. The van der Waals surface area contributed by atoms with Crippen LogP contribution in [-0.4, -0.2) is 48.9 Å². The van der Waals surface area contributed by atoms with Crippen LogP contribution in [0.1, 0.15) is 0 Å². The summed E-state index contributed by atoms with van der Waals surface area (Å²) in [6, 6.07) is 0. The Bertz CT molecular complexity index is 116. The molecule has 0 fully saturated rings. The van der Waals surface area contributed by atoms with Crippen LogP contribution in [0, 0.1) is 0 Å². The van der Waals surface area contributed by atoms with Crippen molar-refractivity contribution in [3.05, 3.63) is 12.3 Å². The van der Waals surface area contributed by atoms with Gasteiger partial charge >= 0.3 is 0 Å². The molecular weight excluding hydrogens is 142 g/mol. The van der Waals surface area contributed by atoms with Gasteiger partial charge in [-0.15, -0.1) is 0 Å². The van der Waals surface area contributed by atoms with Crippen molar-refractivity contribution in [1.82, 2.24) is 9.80 Å². The maximum absolute atomic E-state index is 8.36. The minimum atomic E-state index is 0.549. The summed E-state index contributed by atoms with van der Waals surface area (Å²) >= 11 is 0. The number of nitrogens with two attached hydrogens (primary N) is 1. The number of likely N-dealkylation sites (N-methyl/N-ethyl adjacent to an activating group) is 1. The molecular formula is C7H17N3O. The van der Waals surface area contributed by atoms with Crippen molar-refractivity contribution >= 4 is 0 Å². The van der Waals surface area contributed by atoms with E-state index < -0.39 is 0 Å². The first-order chi connectivity index (χ1) is 5.20. The molecule has 11 heavy (non-hydrogen) atoms. The number of aliphatic hydroxyl groups excluding tert-OH is 1. The van der Waals surface area contributed by atoms with Crippen LogP contribution >= 0.6 is 0 Å². The van der Waals surface area contributed by atoms with Gasteiger partial charge in [0, 0.05) is 13.2 Å². The Hall–Kier alpha value is -0.580. The van der Waals surface area contributed by atoms with Gasteiger partial charge in [-0.1, -0.05) is 0 Å². The van der Waals surface area contributed by atoms with Crippen LogP contribution in [0.25, 0.3) is 0 Å². The zero-order valence-corrected chi connectivity index (χ0v) is 7.20. The van der Waals surface area contributed by atoms with E-state index in [0.717, 1.165) is 19.5 Å². The molecule has 0 aliphatic carbocycles. The van der Waals surface area contributed by atoms with Crippen molar-refractivity contribution in [1.29, 1.82) is 0 Å². The second-order valence-corrected chi connectivity index (χ2v) is 2.60. The van der Waals surface area contributed by atoms with Crippen molar-refractivity contribution in [3.8, 4) is 0 Å². The van der Waals surface area contributed by atoms with Gasteiger partial charge < -0.3 is 10.8 Å². The van der Waals surface area contributed by atoms with Gasteiger partial charge in [0.15, 0.2) is 0 Å². The fraction of sp³-hybridized carbons (Fsp3) is 0.714. The van der Waals surface area contributed by atoms with E-state index in [1.807, 2.05) is 23.9 Å². The third kappa shape index (κ3) is 5.84. The molecule has 0 unspecified atom stereocenters. The van der Waals surface area contributed by atoms with Gasteiger partial charge in [-0.25, -0.2) is 0 Å². The lowest BCUT2D eigenvalue weighted by Gasteiger charge is -2.21. The summed E-state index contributed by atoms with van der Waals surface area (Å²) in [5, 5.41) is 8.36. The molecule has 0 atom stereocenters. The van der Waals surface area contributed by atoms with Crippen LogP contribution in [0.15, 0.2) is 12.3 Å². The molecule has 4 nitrogen and oxygen atoms in total. The quantitative estimate of drug-likeness (QED) is 0.431. The summed E-state index contributed by atoms with van der Waals surface area (Å²) in [6.07, 6.45) is 2.74. The Labute approximate surface area is 67.9 Å². The minimum Gasteiger partial charge on any atom is -0.516 e. The average molecular weight is 159 g/mol. The van der Waals surface area contributed by atoms with Crippen molar-refractivity contribution in [3.63, 3.8) is 0 Å². The molecule has 0 aliphatic heterocycles. The van der Waals surface area contributed by atoms with Gasteiger partial charge in [-0.2, -0.15) is 0 Å². The molecule has 0 aromatic rings. The number of aliphatic hydroxyl groups is 1. The molecule has 0 spiro atoms. The molecule has 0 radical (unpaired) electrons. The van der Waals surface area contributed by atoms with Crippen LogP contribution in [0.3, 0.4) is 0 Å². The summed E-state index contributed by atoms with van der Waals surface area (Å²) in [4.78, 5) is 4.02. The Morgan fingerprint density at radius 3 is 2.45 bits per heavy atom. The van der Waals surface area contributed by atoms with Crippen LogP contribution in [-0.2, 0) is 0 Å². The Kier molecular flexibility index (Phi) is 5.83. The first-order valence-corrected chi connectivity index (χ1v) is 3.57. The summed E-state index contributed by atoms with van der Waals surface area (Å²) in [5.41, 5.74) is 5.38. The fourth-order valence-corrected chi connectivity index (χ4v) is 0.755. The predicted octanol–water partition coefficient (Wildman–Crippen LogP) is -0.205. The molecule has 4 heteroatoms. The summed E-state index contributed by atoms with van der Waals surface area (Å²) in [7, 11) is 3.91. The van der Waals surface area contributed by atoms with E-state index in [2.05, 4.69) is 0 Å². The third-order valence-corrected chi connectivity index (χ3v) is 1.32. The van der Waals surface area contributed by atoms with Crippen molar-refractivity contribution in [2.45, 2.75) is 0 Å². The standard InChI is InChI=1S/C7H17N3O/c1-9(4-3-5-11)7-10(2)6-8/h3,5,11H,4,6-8H2,1-2H3/b5-3-. The molecule has 0 rings (SSSR count). The summed E-state index contributed by atoms with van der Waals surface area (Å²) in [6.45, 7) is 2.09. The lowest BCUT2D eigenvalue weighted by Crippen LogP contribution is -2.36. The van der Waals surface area contributed by atoms with Crippen molar-refractivity contribution in [2.75, 3.05) is 34.0 Å². The lowest BCUT2D eigenvalue weighted by molar-refractivity contribution is 0.199. The molecule has 0 aliphatic rings. The van der Waals surface area contributed by atoms with Crippen LogP contribution in [0.5, 0.6) is 0 Å². The van der Waals surface area contributed by atoms with Crippen molar-refractivity contribution in [2.24, 2.45) is 5.73 Å². The number of hydrogen-bond acceptors (Lipinski definition) is 4. The van der Waals surface area contributed by atoms with Gasteiger partial charge in [0.2, 0.25) is 0 Å². The van der Waals surface area contributed by atoms with Gasteiger partial charge in [0.25, 0.3) is 0 Å².